The van der Waals surface area contributed by atoms with Gasteiger partial charge in [-0.1, -0.05) is 17.7 Å². The van der Waals surface area contributed by atoms with E-state index in [9.17, 15) is 20.1 Å². The van der Waals surface area contributed by atoms with E-state index < -0.39 is 31.1 Å². The van der Waals surface area contributed by atoms with Gasteiger partial charge in [-0.05, 0) is 25.1 Å². The summed E-state index contributed by atoms with van der Waals surface area (Å²) in [6.07, 6.45) is -0.964. The number of rotatable bonds is 4. The molecule has 0 radical (unpaired) electrons. The molecule has 0 saturated carbocycles. The Morgan fingerprint density at radius 2 is 1.92 bits per heavy atom. The smallest absolute Gasteiger partial charge is 0.292 e. The molecule has 1 aliphatic heterocycles. The number of amides is 1. The third-order valence-electron chi connectivity index (χ3n) is 4.20. The fraction of sp³-hybridized carbons (Fsp3) is 0.333. The lowest BCUT2D eigenvalue weighted by Gasteiger charge is -2.10. The molecule has 2 aromatic rings. The summed E-state index contributed by atoms with van der Waals surface area (Å²) >= 11 is 0. The van der Waals surface area contributed by atoms with E-state index in [2.05, 4.69) is 5.32 Å². The van der Waals surface area contributed by atoms with Crippen molar-refractivity contribution in [3.63, 3.8) is 0 Å². The van der Waals surface area contributed by atoms with Crippen LogP contribution in [0.5, 0.6) is 0 Å². The van der Waals surface area contributed by atoms with E-state index in [1.165, 1.54) is 10.8 Å². The third-order valence-corrected chi connectivity index (χ3v) is 4.20. The normalized spacial score (nSPS) is 25.8. The minimum Gasteiger partial charge on any atom is -0.394 e. The summed E-state index contributed by atoms with van der Waals surface area (Å²) in [7, 11) is 0. The van der Waals surface area contributed by atoms with E-state index in [0.717, 1.165) is 5.56 Å². The average Bonchev–Trinajstić information content (AvgIpc) is 2.92. The molecule has 4 N–H and O–H groups in total. The first-order chi connectivity index (χ1) is 12.0. The average molecular weight is 345 g/mol. The molecule has 1 aromatic heterocycles. The summed E-state index contributed by atoms with van der Waals surface area (Å²) in [6, 6.07) is 10.7. The second-order valence-electron chi connectivity index (χ2n) is 6.09. The number of aromatic nitrogens is 1. The molecule has 132 valence electrons. The zero-order valence-electron chi connectivity index (χ0n) is 13.7. The van der Waals surface area contributed by atoms with Crippen LogP contribution in [0.25, 0.3) is 0 Å². The Labute approximate surface area is 145 Å². The van der Waals surface area contributed by atoms with Crippen LogP contribution in [0, 0.1) is 6.92 Å². The van der Waals surface area contributed by atoms with Crippen LogP contribution < -0.4 is 9.88 Å². The van der Waals surface area contributed by atoms with Crippen molar-refractivity contribution in [2.45, 2.75) is 31.5 Å². The quantitative estimate of drug-likeness (QED) is 0.591. The molecule has 0 bridgehead atoms. The van der Waals surface area contributed by atoms with Gasteiger partial charge in [0.1, 0.15) is 17.8 Å². The minimum absolute atomic E-state index is 0.301. The number of carbonyl (C=O) groups is 1. The number of pyridine rings is 1. The number of aliphatic hydroxyl groups is 3. The van der Waals surface area contributed by atoms with Crippen molar-refractivity contribution in [1.82, 2.24) is 0 Å². The van der Waals surface area contributed by atoms with E-state index in [0.29, 0.717) is 11.3 Å². The third kappa shape index (κ3) is 3.69. The number of aliphatic hydroxyl groups excluding tert-OH is 3. The summed E-state index contributed by atoms with van der Waals surface area (Å²) in [6.45, 7) is 1.57. The number of nitrogens with zero attached hydrogens (tertiary/aromatic N) is 1. The number of aryl methyl sites for hydroxylation is 1. The van der Waals surface area contributed by atoms with Crippen LogP contribution in [-0.2, 0) is 4.74 Å². The molecule has 1 saturated heterocycles. The molecule has 4 atom stereocenters. The predicted molar refractivity (Wildman–Crippen MR) is 88.8 cm³/mol. The maximum Gasteiger partial charge on any atom is 0.292 e. The Morgan fingerprint density at radius 1 is 1.20 bits per heavy atom. The van der Waals surface area contributed by atoms with Gasteiger partial charge in [0.15, 0.2) is 18.5 Å². The molecule has 1 fully saturated rings. The van der Waals surface area contributed by atoms with Gasteiger partial charge < -0.3 is 25.4 Å². The van der Waals surface area contributed by atoms with Crippen molar-refractivity contribution >= 4 is 11.6 Å². The van der Waals surface area contributed by atoms with E-state index in [1.54, 1.807) is 18.3 Å². The van der Waals surface area contributed by atoms with E-state index >= 15 is 0 Å². The molecule has 7 nitrogen and oxygen atoms in total. The number of nitrogens with one attached hydrogen (secondary N) is 1. The Kier molecular flexibility index (Phi) is 5.10. The van der Waals surface area contributed by atoms with Gasteiger partial charge in [-0.2, -0.15) is 4.57 Å². The molecular formula is C18H21N2O5+. The highest BCUT2D eigenvalue weighted by Gasteiger charge is 2.47. The molecule has 1 aliphatic rings. The minimum atomic E-state index is -1.20. The molecule has 0 unspecified atom stereocenters. The second kappa shape index (κ2) is 7.28. The topological polar surface area (TPSA) is 103 Å². The first-order valence-electron chi connectivity index (χ1n) is 8.01. The second-order valence-corrected chi connectivity index (χ2v) is 6.09. The van der Waals surface area contributed by atoms with E-state index in [1.807, 2.05) is 31.2 Å². The Bertz CT molecular complexity index is 749. The number of benzene rings is 1. The number of hydrogen-bond acceptors (Lipinski definition) is 5. The standard InChI is InChI=1S/C18H20N2O5/c1-11-4-6-13(7-5-11)19-17(24)12-3-2-8-20(9-12)18-16(23)15(22)14(10-21)25-18/h2-9,14-16,18,21-23H,10H2,1H3/p+1/t14-,15-,16-,18-/m1/s1. The number of ether oxygens (including phenoxy) is 1. The Balaban J connectivity index is 1.77. The van der Waals surface area contributed by atoms with Gasteiger partial charge in [-0.25, -0.2) is 0 Å². The van der Waals surface area contributed by atoms with Crippen molar-refractivity contribution in [1.29, 1.82) is 0 Å². The fourth-order valence-electron chi connectivity index (χ4n) is 2.75. The summed E-state index contributed by atoms with van der Waals surface area (Å²) in [5, 5.41) is 31.9. The Morgan fingerprint density at radius 3 is 2.56 bits per heavy atom. The molecule has 3 rings (SSSR count). The molecule has 1 aromatic carbocycles. The lowest BCUT2D eigenvalue weighted by Crippen LogP contribution is -2.46. The van der Waals surface area contributed by atoms with E-state index in [4.69, 9.17) is 4.74 Å². The van der Waals surface area contributed by atoms with E-state index in [-0.39, 0.29) is 5.91 Å². The van der Waals surface area contributed by atoms with Crippen molar-refractivity contribution in [2.24, 2.45) is 0 Å². The van der Waals surface area contributed by atoms with Crippen LogP contribution in [0.1, 0.15) is 22.1 Å². The van der Waals surface area contributed by atoms with Crippen LogP contribution >= 0.6 is 0 Å². The number of hydrogen-bond donors (Lipinski definition) is 4. The lowest BCUT2D eigenvalue weighted by atomic mass is 10.1. The monoisotopic (exact) mass is 345 g/mol. The fourth-order valence-corrected chi connectivity index (χ4v) is 2.75. The zero-order valence-corrected chi connectivity index (χ0v) is 13.7. The summed E-state index contributed by atoms with van der Waals surface area (Å²) in [5.74, 6) is -0.301. The largest absolute Gasteiger partial charge is 0.394 e. The van der Waals surface area contributed by atoms with Gasteiger partial charge in [0.2, 0.25) is 0 Å². The van der Waals surface area contributed by atoms with Crippen molar-refractivity contribution in [3.8, 4) is 0 Å². The summed E-state index contributed by atoms with van der Waals surface area (Å²) in [4.78, 5) is 12.4. The first-order valence-corrected chi connectivity index (χ1v) is 8.01. The highest BCUT2D eigenvalue weighted by Crippen LogP contribution is 2.25. The SMILES string of the molecule is Cc1ccc(NC(=O)c2ccc[n+]([C@@H]3O[C@H](CO)[C@@H](O)[C@H]3O)c2)cc1. The van der Waals surface area contributed by atoms with Crippen LogP contribution in [0.15, 0.2) is 48.8 Å². The van der Waals surface area contributed by atoms with Crippen molar-refractivity contribution < 1.29 is 29.4 Å². The van der Waals surface area contributed by atoms with Crippen LogP contribution in [0.2, 0.25) is 0 Å². The molecule has 1 amide bonds. The summed E-state index contributed by atoms with van der Waals surface area (Å²) in [5.41, 5.74) is 2.15. The Hall–Kier alpha value is -2.32. The molecular weight excluding hydrogens is 324 g/mol. The highest BCUT2D eigenvalue weighted by molar-refractivity contribution is 6.03. The van der Waals surface area contributed by atoms with Gasteiger partial charge >= 0.3 is 0 Å². The van der Waals surface area contributed by atoms with Crippen LogP contribution in [-0.4, -0.2) is 46.1 Å². The highest BCUT2D eigenvalue weighted by atomic mass is 16.6. The van der Waals surface area contributed by atoms with Gasteiger partial charge in [0.25, 0.3) is 12.1 Å². The lowest BCUT2D eigenvalue weighted by molar-refractivity contribution is -0.765. The van der Waals surface area contributed by atoms with Gasteiger partial charge in [-0.3, -0.25) is 4.79 Å². The van der Waals surface area contributed by atoms with Gasteiger partial charge in [0.05, 0.1) is 6.61 Å². The number of carbonyl (C=O) groups excluding carboxylic acids is 1. The van der Waals surface area contributed by atoms with Crippen molar-refractivity contribution in [3.05, 3.63) is 59.9 Å². The van der Waals surface area contributed by atoms with Crippen LogP contribution in [0.4, 0.5) is 5.69 Å². The maximum atomic E-state index is 12.4. The first kappa shape index (κ1) is 17.5. The molecule has 25 heavy (non-hydrogen) atoms. The zero-order chi connectivity index (χ0) is 18.0. The van der Waals surface area contributed by atoms with Crippen LogP contribution in [0.3, 0.4) is 0 Å². The molecule has 2 heterocycles. The maximum absolute atomic E-state index is 12.4. The van der Waals surface area contributed by atoms with Gasteiger partial charge in [0, 0.05) is 11.8 Å². The predicted octanol–water partition coefficient (Wildman–Crippen LogP) is 0.146. The summed E-state index contributed by atoms with van der Waals surface area (Å²) < 4.78 is 6.98. The van der Waals surface area contributed by atoms with Gasteiger partial charge in [-0.15, -0.1) is 0 Å². The molecule has 7 heteroatoms. The van der Waals surface area contributed by atoms with Crippen molar-refractivity contribution in [2.75, 3.05) is 11.9 Å². The molecule has 0 aliphatic carbocycles. The number of anilines is 1. The molecule has 0 spiro atoms.